The van der Waals surface area contributed by atoms with Gasteiger partial charge in [0.25, 0.3) is 0 Å². The Morgan fingerprint density at radius 3 is 0.897 bits per heavy atom. The summed E-state index contributed by atoms with van der Waals surface area (Å²) in [5, 5.41) is 32.4. The molecule has 0 unspecified atom stereocenters. The van der Waals surface area contributed by atoms with Crippen molar-refractivity contribution in [3.63, 3.8) is 0 Å². The fraction of sp³-hybridized carbons (Fsp3) is 0.0312. The Kier molecular flexibility index (Phi) is 15.5. The number of rotatable bonds is 6. The molecule has 0 heterocycles. The Balaban J connectivity index is 0.000000336. The van der Waals surface area contributed by atoms with Gasteiger partial charge >= 0.3 is 38.2 Å². The Morgan fingerprint density at radius 2 is 0.667 bits per heavy atom. The number of aliphatic carboxylic acids is 1. The van der Waals surface area contributed by atoms with Crippen LogP contribution in [0.25, 0.3) is 11.5 Å². The summed E-state index contributed by atoms with van der Waals surface area (Å²) in [5.74, 6) is -2.14. The van der Waals surface area contributed by atoms with Crippen LogP contribution < -0.4 is 15.3 Å². The molecule has 0 aliphatic carbocycles. The van der Waals surface area contributed by atoms with Crippen molar-refractivity contribution >= 4 is 29.1 Å². The van der Waals surface area contributed by atoms with Crippen molar-refractivity contribution in [1.29, 1.82) is 0 Å². The molecule has 0 aliphatic rings. The standard InChI is InChI=1S/2C15H12O2.C2H4O2.Dy/c2*16-14(12-7-3-1-4-8-12)11-15(17)13-9-5-2-6-10-13;1-2(3)4;/h2*1-11,16H;1H3,(H,3,4);/q;;;+3/p-3/b2*14-11-;;. The SMILES string of the molecule is CC(=O)[O-].O=C(/C=C(\[O-])c1ccccc1)c1ccccc1.O=C(/C=C(\[O-])c1ccccc1)c1ccccc1.[Dy+3]. The molecule has 0 aromatic heterocycles. The zero-order valence-electron chi connectivity index (χ0n) is 21.0. The van der Waals surface area contributed by atoms with Crippen molar-refractivity contribution in [3.05, 3.63) is 156 Å². The van der Waals surface area contributed by atoms with Gasteiger partial charge < -0.3 is 20.1 Å². The van der Waals surface area contributed by atoms with Gasteiger partial charge in [-0.3, -0.25) is 9.59 Å². The molecule has 4 aromatic carbocycles. The fourth-order valence-corrected chi connectivity index (χ4v) is 2.98. The number of allylic oxidation sites excluding steroid dienone is 2. The van der Waals surface area contributed by atoms with E-state index in [4.69, 9.17) is 9.90 Å². The molecular weight excluding hydrogens is 643 g/mol. The summed E-state index contributed by atoms with van der Waals surface area (Å²) < 4.78 is 0. The van der Waals surface area contributed by atoms with E-state index in [2.05, 4.69) is 0 Å². The molecule has 0 spiro atoms. The molecule has 4 aromatic rings. The average molecular weight is 668 g/mol. The first-order valence-corrected chi connectivity index (χ1v) is 11.5. The molecule has 4 rings (SSSR count). The predicted octanol–water partition coefficient (Wildman–Crippen LogP) is 3.30. The topological polar surface area (TPSA) is 120 Å². The molecule has 0 fully saturated rings. The molecule has 0 saturated carbocycles. The third kappa shape index (κ3) is 12.9. The molecule has 0 N–H and O–H groups in total. The van der Waals surface area contributed by atoms with Crippen molar-refractivity contribution in [1.82, 2.24) is 0 Å². The van der Waals surface area contributed by atoms with E-state index in [1.54, 1.807) is 97.1 Å². The summed E-state index contributed by atoms with van der Waals surface area (Å²) in [7, 11) is 0. The first-order chi connectivity index (χ1) is 18.3. The summed E-state index contributed by atoms with van der Waals surface area (Å²) >= 11 is 0. The van der Waals surface area contributed by atoms with Gasteiger partial charge in [-0.15, -0.1) is 0 Å². The van der Waals surface area contributed by atoms with Crippen LogP contribution in [0.5, 0.6) is 0 Å². The van der Waals surface area contributed by atoms with Gasteiger partial charge in [0.05, 0.1) is 0 Å². The summed E-state index contributed by atoms with van der Waals surface area (Å²) in [6.07, 6.45) is 2.26. The normalized spacial score (nSPS) is 10.4. The van der Waals surface area contributed by atoms with Crippen LogP contribution in [0.4, 0.5) is 0 Å². The molecule has 0 atom stereocenters. The Bertz CT molecular complexity index is 1260. The predicted molar refractivity (Wildman–Crippen MR) is 141 cm³/mol. The molecular formula is C32H25DyO6. The van der Waals surface area contributed by atoms with Crippen molar-refractivity contribution in [2.24, 2.45) is 0 Å². The van der Waals surface area contributed by atoms with E-state index in [-0.39, 0.29) is 61.3 Å². The van der Waals surface area contributed by atoms with Gasteiger partial charge in [0.1, 0.15) is 0 Å². The van der Waals surface area contributed by atoms with Crippen LogP contribution >= 0.6 is 0 Å². The van der Waals surface area contributed by atoms with E-state index in [9.17, 15) is 19.8 Å². The third-order valence-corrected chi connectivity index (χ3v) is 4.76. The molecule has 0 amide bonds. The molecule has 7 heteroatoms. The second-order valence-corrected chi connectivity index (χ2v) is 7.70. The van der Waals surface area contributed by atoms with Gasteiger partial charge in [0.2, 0.25) is 0 Å². The maximum absolute atomic E-state index is 11.8. The maximum Gasteiger partial charge on any atom is 3.00 e. The largest absolute Gasteiger partial charge is 3.00 e. The minimum atomic E-state index is -1.08. The fourth-order valence-electron chi connectivity index (χ4n) is 2.98. The van der Waals surface area contributed by atoms with Gasteiger partial charge in [-0.1, -0.05) is 133 Å². The first-order valence-electron chi connectivity index (χ1n) is 11.5. The van der Waals surface area contributed by atoms with Gasteiger partial charge in [0, 0.05) is 17.1 Å². The van der Waals surface area contributed by atoms with Gasteiger partial charge in [0.15, 0.2) is 11.6 Å². The average Bonchev–Trinajstić information content (AvgIpc) is 2.95. The van der Waals surface area contributed by atoms with Gasteiger partial charge in [-0.25, -0.2) is 0 Å². The molecule has 0 aliphatic heterocycles. The number of carbonyl (C=O) groups is 3. The number of ketones is 2. The van der Waals surface area contributed by atoms with Crippen LogP contribution in [0.3, 0.4) is 0 Å². The summed E-state index contributed by atoms with van der Waals surface area (Å²) in [4.78, 5) is 32.4. The number of hydrogen-bond acceptors (Lipinski definition) is 6. The Morgan fingerprint density at radius 1 is 0.462 bits per heavy atom. The number of hydrogen-bond donors (Lipinski definition) is 0. The first kappa shape index (κ1) is 33.1. The molecule has 199 valence electrons. The Labute approximate surface area is 258 Å². The van der Waals surface area contributed by atoms with Crippen molar-refractivity contribution in [2.45, 2.75) is 6.92 Å². The van der Waals surface area contributed by atoms with E-state index < -0.39 is 5.97 Å². The van der Waals surface area contributed by atoms with Crippen molar-refractivity contribution in [2.75, 3.05) is 0 Å². The van der Waals surface area contributed by atoms with Gasteiger partial charge in [-0.2, -0.15) is 0 Å². The Hall–Kier alpha value is -3.96. The quantitative estimate of drug-likeness (QED) is 0.177. The van der Waals surface area contributed by atoms with Crippen LogP contribution in [0.15, 0.2) is 133 Å². The number of carboxylic acid groups (broad SMARTS) is 1. The summed E-state index contributed by atoms with van der Waals surface area (Å²) in [6.45, 7) is 0.972. The van der Waals surface area contributed by atoms with Crippen LogP contribution in [-0.2, 0) is 4.79 Å². The monoisotopic (exact) mass is 669 g/mol. The minimum Gasteiger partial charge on any atom is -0.872 e. The molecule has 6 nitrogen and oxygen atoms in total. The van der Waals surface area contributed by atoms with Crippen LogP contribution in [0, 0.1) is 38.2 Å². The second kappa shape index (κ2) is 18.3. The zero-order chi connectivity index (χ0) is 27.8. The summed E-state index contributed by atoms with van der Waals surface area (Å²) in [5.41, 5.74) is 2.10. The number of carboxylic acids is 1. The minimum absolute atomic E-state index is 0. The number of carbonyl (C=O) groups excluding carboxylic acids is 3. The van der Waals surface area contributed by atoms with E-state index in [1.165, 1.54) is 0 Å². The van der Waals surface area contributed by atoms with E-state index in [0.717, 1.165) is 19.1 Å². The second-order valence-electron chi connectivity index (χ2n) is 7.70. The van der Waals surface area contributed by atoms with Crippen molar-refractivity contribution < 1.29 is 67.9 Å². The smallest absolute Gasteiger partial charge is 0.872 e. The third-order valence-electron chi connectivity index (χ3n) is 4.76. The maximum atomic E-state index is 11.8. The zero-order valence-corrected chi connectivity index (χ0v) is 23.0. The van der Waals surface area contributed by atoms with Gasteiger partial charge in [-0.05, 0) is 30.2 Å². The van der Waals surface area contributed by atoms with E-state index in [0.29, 0.717) is 22.3 Å². The molecule has 1 radical (unpaired) electrons. The number of benzene rings is 4. The molecule has 0 bridgehead atoms. The van der Waals surface area contributed by atoms with Crippen LogP contribution in [0.2, 0.25) is 0 Å². The molecule has 39 heavy (non-hydrogen) atoms. The van der Waals surface area contributed by atoms with Crippen LogP contribution in [0.1, 0.15) is 38.8 Å². The molecule has 0 saturated heterocycles. The summed E-state index contributed by atoms with van der Waals surface area (Å²) in [6, 6.07) is 35.0. The van der Waals surface area contributed by atoms with Crippen LogP contribution in [-0.4, -0.2) is 17.5 Å². The van der Waals surface area contributed by atoms with E-state index >= 15 is 0 Å². The van der Waals surface area contributed by atoms with E-state index in [1.807, 2.05) is 24.3 Å². The van der Waals surface area contributed by atoms with Crippen molar-refractivity contribution in [3.8, 4) is 0 Å².